The lowest BCUT2D eigenvalue weighted by Gasteiger charge is -2.31. The van der Waals surface area contributed by atoms with E-state index in [1.165, 1.54) is 25.7 Å². The minimum Gasteiger partial charge on any atom is -0.390 e. The van der Waals surface area contributed by atoms with Crippen LogP contribution in [0.15, 0.2) is 0 Å². The number of nitrogens with zero attached hydrogens (tertiary/aromatic N) is 2. The number of hydrogen-bond donors (Lipinski definition) is 1. The van der Waals surface area contributed by atoms with Crippen LogP contribution in [-0.2, 0) is 0 Å². The van der Waals surface area contributed by atoms with E-state index in [9.17, 15) is 5.11 Å². The molecule has 0 aliphatic heterocycles. The fourth-order valence-electron chi connectivity index (χ4n) is 2.97. The van der Waals surface area contributed by atoms with Crippen molar-refractivity contribution in [2.24, 2.45) is 11.8 Å². The second-order valence-electron chi connectivity index (χ2n) is 7.67. The zero-order valence-electron chi connectivity index (χ0n) is 17.0. The quantitative estimate of drug-likeness (QED) is 0.468. The van der Waals surface area contributed by atoms with Gasteiger partial charge in [0.2, 0.25) is 0 Å². The molecular formula is C19H44Cl2N2O. The summed E-state index contributed by atoms with van der Waals surface area (Å²) in [6.07, 6.45) is 4.69. The first-order valence-electron chi connectivity index (χ1n) is 9.51. The van der Waals surface area contributed by atoms with Crippen LogP contribution in [0.2, 0.25) is 0 Å². The molecule has 24 heavy (non-hydrogen) atoms. The Morgan fingerprint density at radius 3 is 1.38 bits per heavy atom. The second-order valence-corrected chi connectivity index (χ2v) is 7.67. The van der Waals surface area contributed by atoms with Gasteiger partial charge >= 0.3 is 0 Å². The number of aliphatic hydroxyl groups excluding tert-OH is 1. The molecule has 0 aliphatic carbocycles. The molecule has 3 nitrogen and oxygen atoms in total. The zero-order valence-corrected chi connectivity index (χ0v) is 18.6. The van der Waals surface area contributed by atoms with Crippen molar-refractivity contribution < 1.29 is 5.11 Å². The van der Waals surface area contributed by atoms with Gasteiger partial charge < -0.3 is 14.9 Å². The lowest BCUT2D eigenvalue weighted by atomic mass is 10.1. The van der Waals surface area contributed by atoms with E-state index >= 15 is 0 Å². The minimum atomic E-state index is -0.230. The molecule has 1 unspecified atom stereocenters. The van der Waals surface area contributed by atoms with Gasteiger partial charge in [0.05, 0.1) is 6.10 Å². The van der Waals surface area contributed by atoms with Crippen LogP contribution in [0.3, 0.4) is 0 Å². The van der Waals surface area contributed by atoms with Crippen molar-refractivity contribution in [1.29, 1.82) is 0 Å². The van der Waals surface area contributed by atoms with Crippen molar-refractivity contribution in [3.05, 3.63) is 0 Å². The van der Waals surface area contributed by atoms with Crippen molar-refractivity contribution in [3.8, 4) is 0 Å². The highest BCUT2D eigenvalue weighted by Gasteiger charge is 2.17. The first-order valence-corrected chi connectivity index (χ1v) is 9.51. The van der Waals surface area contributed by atoms with Crippen LogP contribution in [0.1, 0.15) is 67.2 Å². The molecular weight excluding hydrogens is 343 g/mol. The fraction of sp³-hybridized carbons (Fsp3) is 1.00. The van der Waals surface area contributed by atoms with Gasteiger partial charge in [0, 0.05) is 26.2 Å². The number of aliphatic hydroxyl groups is 1. The molecule has 0 bridgehead atoms. The first-order chi connectivity index (χ1) is 10.4. The van der Waals surface area contributed by atoms with E-state index in [4.69, 9.17) is 0 Å². The molecule has 0 aromatic heterocycles. The Labute approximate surface area is 164 Å². The smallest absolute Gasteiger partial charge is 0.0793 e. The first kappa shape index (κ1) is 29.2. The third-order valence-corrected chi connectivity index (χ3v) is 3.84. The molecule has 0 heterocycles. The van der Waals surface area contributed by atoms with Gasteiger partial charge in [0.15, 0.2) is 0 Å². The fourth-order valence-corrected chi connectivity index (χ4v) is 2.97. The summed E-state index contributed by atoms with van der Waals surface area (Å²) in [4.78, 5) is 4.90. The van der Waals surface area contributed by atoms with E-state index in [0.29, 0.717) is 11.8 Å². The van der Waals surface area contributed by atoms with Gasteiger partial charge in [-0.1, -0.05) is 54.4 Å². The average molecular weight is 387 g/mol. The molecule has 0 fully saturated rings. The van der Waals surface area contributed by atoms with Gasteiger partial charge in [-0.3, -0.25) is 0 Å². The van der Waals surface area contributed by atoms with Gasteiger partial charge in [-0.05, 0) is 37.8 Å². The molecule has 0 rings (SSSR count). The number of rotatable bonds is 14. The number of halogens is 2. The summed E-state index contributed by atoms with van der Waals surface area (Å²) in [6.45, 7) is 19.6. The summed E-state index contributed by atoms with van der Waals surface area (Å²) < 4.78 is 0. The summed E-state index contributed by atoms with van der Waals surface area (Å²) in [6, 6.07) is 0. The molecule has 0 radical (unpaired) electrons. The van der Waals surface area contributed by atoms with Crippen LogP contribution in [0.5, 0.6) is 0 Å². The SMILES string of the molecule is CCCCN(CCCC)CC(O)CN(CC(C)C)CC(C)C.Cl.Cl. The molecule has 0 saturated heterocycles. The molecule has 0 spiro atoms. The maximum atomic E-state index is 10.5. The molecule has 0 amide bonds. The summed E-state index contributed by atoms with van der Waals surface area (Å²) in [5, 5.41) is 10.5. The highest BCUT2D eigenvalue weighted by atomic mass is 35.5. The highest BCUT2D eigenvalue weighted by molar-refractivity contribution is 5.85. The average Bonchev–Trinajstić information content (AvgIpc) is 2.40. The molecule has 1 atom stereocenters. The van der Waals surface area contributed by atoms with E-state index in [-0.39, 0.29) is 30.9 Å². The van der Waals surface area contributed by atoms with Crippen molar-refractivity contribution in [3.63, 3.8) is 0 Å². The molecule has 5 heteroatoms. The largest absolute Gasteiger partial charge is 0.390 e. The summed E-state index contributed by atoms with van der Waals surface area (Å²) in [7, 11) is 0. The third kappa shape index (κ3) is 17.3. The van der Waals surface area contributed by atoms with Crippen LogP contribution in [-0.4, -0.2) is 60.3 Å². The Hall–Kier alpha value is 0.460. The van der Waals surface area contributed by atoms with Crippen molar-refractivity contribution >= 4 is 24.8 Å². The van der Waals surface area contributed by atoms with Crippen molar-refractivity contribution in [2.45, 2.75) is 73.3 Å². The van der Waals surface area contributed by atoms with Gasteiger partial charge in [-0.2, -0.15) is 0 Å². The Balaban J connectivity index is -0.00000220. The maximum absolute atomic E-state index is 10.5. The van der Waals surface area contributed by atoms with Crippen LogP contribution in [0.25, 0.3) is 0 Å². The van der Waals surface area contributed by atoms with Gasteiger partial charge in [-0.25, -0.2) is 0 Å². The lowest BCUT2D eigenvalue weighted by Crippen LogP contribution is -2.43. The minimum absolute atomic E-state index is 0. The van der Waals surface area contributed by atoms with Crippen LogP contribution in [0, 0.1) is 11.8 Å². The van der Waals surface area contributed by atoms with E-state index in [1.807, 2.05) is 0 Å². The number of unbranched alkanes of at least 4 members (excludes halogenated alkanes) is 2. The van der Waals surface area contributed by atoms with Crippen molar-refractivity contribution in [1.82, 2.24) is 9.80 Å². The topological polar surface area (TPSA) is 26.7 Å². The van der Waals surface area contributed by atoms with E-state index in [2.05, 4.69) is 51.3 Å². The van der Waals surface area contributed by atoms with Gasteiger partial charge in [0.1, 0.15) is 0 Å². The summed E-state index contributed by atoms with van der Waals surface area (Å²) >= 11 is 0. The highest BCUT2D eigenvalue weighted by Crippen LogP contribution is 2.07. The van der Waals surface area contributed by atoms with Gasteiger partial charge in [-0.15, -0.1) is 24.8 Å². The van der Waals surface area contributed by atoms with Crippen LogP contribution in [0.4, 0.5) is 0 Å². The molecule has 0 aliphatic rings. The van der Waals surface area contributed by atoms with Gasteiger partial charge in [0.25, 0.3) is 0 Å². The molecule has 0 saturated carbocycles. The molecule has 150 valence electrons. The Morgan fingerprint density at radius 2 is 1.04 bits per heavy atom. The predicted octanol–water partition coefficient (Wildman–Crippen LogP) is 4.71. The molecule has 0 aromatic carbocycles. The lowest BCUT2D eigenvalue weighted by molar-refractivity contribution is 0.0643. The zero-order chi connectivity index (χ0) is 17.0. The second kappa shape index (κ2) is 18.3. The summed E-state index contributed by atoms with van der Waals surface area (Å²) in [5.41, 5.74) is 0. The molecule has 0 aromatic rings. The van der Waals surface area contributed by atoms with E-state index < -0.39 is 0 Å². The monoisotopic (exact) mass is 386 g/mol. The Morgan fingerprint density at radius 1 is 0.667 bits per heavy atom. The normalized spacial score (nSPS) is 12.6. The van der Waals surface area contributed by atoms with Crippen LogP contribution >= 0.6 is 24.8 Å². The van der Waals surface area contributed by atoms with Crippen LogP contribution < -0.4 is 0 Å². The third-order valence-electron chi connectivity index (χ3n) is 3.84. The summed E-state index contributed by atoms with van der Waals surface area (Å²) in [5.74, 6) is 1.31. The van der Waals surface area contributed by atoms with E-state index in [1.54, 1.807) is 0 Å². The standard InChI is InChI=1S/C19H42N2O.2ClH/c1-7-9-11-20(12-10-8-2)15-19(22)16-21(13-17(3)4)14-18(5)6;;/h17-19,22H,7-16H2,1-6H3;2*1H. The molecule has 1 N–H and O–H groups in total. The number of hydrogen-bond acceptors (Lipinski definition) is 3. The Kier molecular flexibility index (Phi) is 22.2. The predicted molar refractivity (Wildman–Crippen MR) is 113 cm³/mol. The van der Waals surface area contributed by atoms with Crippen molar-refractivity contribution in [2.75, 3.05) is 39.3 Å². The maximum Gasteiger partial charge on any atom is 0.0793 e. The Bertz CT molecular complexity index is 236. The van der Waals surface area contributed by atoms with E-state index in [0.717, 1.165) is 39.3 Å².